The van der Waals surface area contributed by atoms with E-state index in [4.69, 9.17) is 5.73 Å². The summed E-state index contributed by atoms with van der Waals surface area (Å²) in [7, 11) is 0. The van der Waals surface area contributed by atoms with Crippen molar-refractivity contribution in [2.45, 2.75) is 64.0 Å². The topological polar surface area (TPSA) is 75.4 Å². The van der Waals surface area contributed by atoms with Gasteiger partial charge in [-0.15, -0.1) is 12.4 Å². The largest absolute Gasteiger partial charge is 0.349 e. The number of carbonyl (C=O) groups is 2. The van der Waals surface area contributed by atoms with E-state index in [1.807, 2.05) is 36.1 Å². The van der Waals surface area contributed by atoms with Crippen LogP contribution in [0.25, 0.3) is 0 Å². The maximum absolute atomic E-state index is 12.9. The van der Waals surface area contributed by atoms with Crippen LogP contribution in [0, 0.1) is 17.8 Å². The van der Waals surface area contributed by atoms with Crippen LogP contribution in [0.1, 0.15) is 63.5 Å². The Morgan fingerprint density at radius 1 is 1.21 bits per heavy atom. The van der Waals surface area contributed by atoms with Crippen LogP contribution in [0.15, 0.2) is 24.3 Å². The van der Waals surface area contributed by atoms with Crippen molar-refractivity contribution in [1.82, 2.24) is 5.32 Å². The highest BCUT2D eigenvalue weighted by atomic mass is 35.5. The molecular formula is C22H32ClN3O2. The maximum Gasteiger partial charge on any atom is 0.227 e. The van der Waals surface area contributed by atoms with Crippen LogP contribution in [0.3, 0.4) is 0 Å². The highest BCUT2D eigenvalue weighted by Gasteiger charge is 2.40. The molecule has 1 aromatic carbocycles. The Morgan fingerprint density at radius 2 is 1.93 bits per heavy atom. The molecule has 2 aliphatic carbocycles. The first-order valence-electron chi connectivity index (χ1n) is 10.5. The summed E-state index contributed by atoms with van der Waals surface area (Å²) in [5.74, 6) is 1.45. The lowest BCUT2D eigenvalue weighted by molar-refractivity contribution is -0.128. The van der Waals surface area contributed by atoms with Gasteiger partial charge in [-0.2, -0.15) is 0 Å². The Bertz CT molecular complexity index is 711. The molecule has 2 saturated carbocycles. The molecule has 4 rings (SSSR count). The summed E-state index contributed by atoms with van der Waals surface area (Å²) in [6.45, 7) is 2.81. The van der Waals surface area contributed by atoms with Gasteiger partial charge in [0.05, 0.1) is 6.04 Å². The van der Waals surface area contributed by atoms with Crippen molar-refractivity contribution < 1.29 is 9.59 Å². The Hall–Kier alpha value is -1.59. The molecule has 0 aromatic heterocycles. The molecule has 2 amide bonds. The van der Waals surface area contributed by atoms with E-state index in [1.165, 1.54) is 19.3 Å². The zero-order chi connectivity index (χ0) is 19.0. The van der Waals surface area contributed by atoms with E-state index in [0.717, 1.165) is 37.1 Å². The Morgan fingerprint density at radius 3 is 2.57 bits per heavy atom. The zero-order valence-corrected chi connectivity index (χ0v) is 17.4. The summed E-state index contributed by atoms with van der Waals surface area (Å²) in [6.07, 6.45) is 7.00. The number of benzene rings is 1. The monoisotopic (exact) mass is 405 g/mol. The van der Waals surface area contributed by atoms with Gasteiger partial charge in [0.1, 0.15) is 0 Å². The normalized spacial score (nSPS) is 30.5. The quantitative estimate of drug-likeness (QED) is 0.804. The molecule has 3 N–H and O–H groups in total. The van der Waals surface area contributed by atoms with Gasteiger partial charge in [-0.1, -0.05) is 18.6 Å². The first kappa shape index (κ1) is 21.1. The van der Waals surface area contributed by atoms with Crippen molar-refractivity contribution in [3.8, 4) is 0 Å². The van der Waals surface area contributed by atoms with E-state index in [-0.39, 0.29) is 42.2 Å². The molecule has 0 spiro atoms. The van der Waals surface area contributed by atoms with E-state index < -0.39 is 0 Å². The lowest BCUT2D eigenvalue weighted by Gasteiger charge is -2.43. The molecule has 3 fully saturated rings. The summed E-state index contributed by atoms with van der Waals surface area (Å²) in [6, 6.07) is 8.24. The van der Waals surface area contributed by atoms with Crippen molar-refractivity contribution in [1.29, 1.82) is 0 Å². The number of hydrogen-bond acceptors (Lipinski definition) is 3. The van der Waals surface area contributed by atoms with E-state index >= 15 is 0 Å². The molecule has 5 nitrogen and oxygen atoms in total. The number of amides is 2. The van der Waals surface area contributed by atoms with Gasteiger partial charge in [-0.05, 0) is 68.6 Å². The highest BCUT2D eigenvalue weighted by molar-refractivity contribution is 5.95. The third kappa shape index (κ3) is 4.20. The Labute approximate surface area is 173 Å². The van der Waals surface area contributed by atoms with Gasteiger partial charge in [0, 0.05) is 30.6 Å². The second-order valence-corrected chi connectivity index (χ2v) is 8.67. The third-order valence-electron chi connectivity index (χ3n) is 6.90. The molecule has 1 heterocycles. The predicted molar refractivity (Wildman–Crippen MR) is 113 cm³/mol. The number of nitrogens with one attached hydrogen (secondary N) is 1. The van der Waals surface area contributed by atoms with Crippen LogP contribution in [0.2, 0.25) is 0 Å². The van der Waals surface area contributed by atoms with Gasteiger partial charge in [0.15, 0.2) is 0 Å². The Balaban J connectivity index is 0.00000225. The minimum Gasteiger partial charge on any atom is -0.349 e. The van der Waals surface area contributed by atoms with Crippen molar-refractivity contribution in [3.63, 3.8) is 0 Å². The lowest BCUT2D eigenvalue weighted by atomic mass is 9.65. The number of nitrogens with two attached hydrogens (primary N) is 1. The summed E-state index contributed by atoms with van der Waals surface area (Å²) >= 11 is 0. The molecule has 3 atom stereocenters. The number of rotatable bonds is 4. The van der Waals surface area contributed by atoms with E-state index in [1.54, 1.807) is 0 Å². The van der Waals surface area contributed by atoms with E-state index in [0.29, 0.717) is 18.3 Å². The van der Waals surface area contributed by atoms with E-state index in [9.17, 15) is 9.59 Å². The van der Waals surface area contributed by atoms with Crippen LogP contribution >= 0.6 is 12.4 Å². The fourth-order valence-electron chi connectivity index (χ4n) is 5.30. The smallest absolute Gasteiger partial charge is 0.227 e. The van der Waals surface area contributed by atoms with Crippen LogP contribution in [-0.2, 0) is 9.59 Å². The lowest BCUT2D eigenvalue weighted by Crippen LogP contribution is -2.49. The third-order valence-corrected chi connectivity index (χ3v) is 6.90. The second-order valence-electron chi connectivity index (χ2n) is 8.67. The van der Waals surface area contributed by atoms with Crippen LogP contribution in [-0.4, -0.2) is 24.4 Å². The highest BCUT2D eigenvalue weighted by Crippen LogP contribution is 2.42. The van der Waals surface area contributed by atoms with Crippen molar-refractivity contribution in [2.24, 2.45) is 23.5 Å². The number of fused-ring (bicyclic) bond motifs is 2. The van der Waals surface area contributed by atoms with Gasteiger partial charge in [0.25, 0.3) is 0 Å². The first-order chi connectivity index (χ1) is 13.0. The summed E-state index contributed by atoms with van der Waals surface area (Å²) < 4.78 is 0. The maximum atomic E-state index is 12.9. The molecule has 1 saturated heterocycles. The van der Waals surface area contributed by atoms with Crippen molar-refractivity contribution >= 4 is 29.9 Å². The standard InChI is InChI=1S/C22H31N3O2.ClH/c1-14(15-5-3-8-19(13-15)25-10-4-9-20(25)26)24-22(27)18-11-16-6-2-7-17(12-18)21(16)23;/h3,5,8,13-14,16-18,21H,2,4,6-7,9-12,23H2,1H3,(H,24,27);1H. The molecular weight excluding hydrogens is 374 g/mol. The molecule has 154 valence electrons. The minimum absolute atomic E-state index is 0. The molecule has 28 heavy (non-hydrogen) atoms. The van der Waals surface area contributed by atoms with Crippen LogP contribution in [0.5, 0.6) is 0 Å². The molecule has 3 unspecified atom stereocenters. The Kier molecular flexibility index (Phi) is 6.66. The fourth-order valence-corrected chi connectivity index (χ4v) is 5.30. The average Bonchev–Trinajstić information content (AvgIpc) is 3.07. The first-order valence-corrected chi connectivity index (χ1v) is 10.5. The second kappa shape index (κ2) is 8.83. The van der Waals surface area contributed by atoms with Gasteiger partial charge < -0.3 is 16.0 Å². The van der Waals surface area contributed by atoms with Gasteiger partial charge in [-0.3, -0.25) is 9.59 Å². The van der Waals surface area contributed by atoms with Crippen molar-refractivity contribution in [3.05, 3.63) is 29.8 Å². The van der Waals surface area contributed by atoms with E-state index in [2.05, 4.69) is 5.32 Å². The zero-order valence-electron chi connectivity index (χ0n) is 16.6. The van der Waals surface area contributed by atoms with Crippen molar-refractivity contribution in [2.75, 3.05) is 11.4 Å². The fraction of sp³-hybridized carbons (Fsp3) is 0.636. The molecule has 6 heteroatoms. The molecule has 1 aliphatic heterocycles. The average molecular weight is 406 g/mol. The van der Waals surface area contributed by atoms with Gasteiger partial charge in [-0.25, -0.2) is 0 Å². The number of halogens is 1. The molecule has 0 radical (unpaired) electrons. The molecule has 2 bridgehead atoms. The summed E-state index contributed by atoms with van der Waals surface area (Å²) in [5.41, 5.74) is 8.35. The number of hydrogen-bond donors (Lipinski definition) is 2. The molecule has 1 aromatic rings. The van der Waals surface area contributed by atoms with Crippen LogP contribution in [0.4, 0.5) is 5.69 Å². The minimum atomic E-state index is -0.0643. The van der Waals surface area contributed by atoms with Gasteiger partial charge in [0.2, 0.25) is 11.8 Å². The SMILES string of the molecule is CC(NC(=O)C1CC2CCCC(C1)C2N)c1cccc(N2CCCC2=O)c1.Cl. The van der Waals surface area contributed by atoms with Gasteiger partial charge >= 0.3 is 0 Å². The summed E-state index contributed by atoms with van der Waals surface area (Å²) in [5, 5.41) is 3.22. The number of anilines is 1. The molecule has 3 aliphatic rings. The number of nitrogens with zero attached hydrogens (tertiary/aromatic N) is 1. The van der Waals surface area contributed by atoms with Crippen LogP contribution < -0.4 is 16.0 Å². The number of carbonyl (C=O) groups excluding carboxylic acids is 2. The predicted octanol–water partition coefficient (Wildman–Crippen LogP) is 3.57. The summed E-state index contributed by atoms with van der Waals surface area (Å²) in [4.78, 5) is 26.8.